The lowest BCUT2D eigenvalue weighted by Crippen LogP contribution is -2.65. The van der Waals surface area contributed by atoms with Crippen LogP contribution in [-0.4, -0.2) is 21.2 Å². The molecule has 0 N–H and O–H groups in total. The van der Waals surface area contributed by atoms with Gasteiger partial charge in [-0.3, -0.25) is 0 Å². The van der Waals surface area contributed by atoms with Crippen LogP contribution in [0.4, 0.5) is 0 Å². The Hall–Kier alpha value is -2.61. The topological polar surface area (TPSA) is 6.25 Å². The second-order valence-corrected chi connectivity index (χ2v) is 9.07. The molecule has 0 amide bonds. The Morgan fingerprint density at radius 2 is 1.59 bits per heavy atom. The van der Waals surface area contributed by atoms with Gasteiger partial charge in [0.1, 0.15) is 0 Å². The Morgan fingerprint density at radius 1 is 0.852 bits per heavy atom. The molecule has 6 heterocycles. The maximum absolute atomic E-state index is 2.86. The molecular formula is C25H21N2+. The monoisotopic (exact) mass is 349 g/mol. The maximum atomic E-state index is 2.86. The molecule has 2 aromatic carbocycles. The van der Waals surface area contributed by atoms with E-state index >= 15 is 0 Å². The summed E-state index contributed by atoms with van der Waals surface area (Å²) < 4.78 is 2.80. The highest BCUT2D eigenvalue weighted by Gasteiger charge is 2.67. The van der Waals surface area contributed by atoms with Crippen LogP contribution in [0.5, 0.6) is 0 Å². The summed E-state index contributed by atoms with van der Waals surface area (Å²) in [5.74, 6) is 0. The Morgan fingerprint density at radius 3 is 2.48 bits per heavy atom. The first-order chi connectivity index (χ1) is 13.4. The van der Waals surface area contributed by atoms with Crippen molar-refractivity contribution in [2.75, 3.05) is 0 Å². The fourth-order valence-electron chi connectivity index (χ4n) is 7.25. The second-order valence-electron chi connectivity index (χ2n) is 9.07. The largest absolute Gasteiger partial charge is 0.304 e. The molecule has 1 spiro atoms. The molecule has 2 aromatic rings. The number of nitrogens with zero attached hydrogens (tertiary/aromatic N) is 2. The van der Waals surface area contributed by atoms with Crippen LogP contribution in [0, 0.1) is 0 Å². The van der Waals surface area contributed by atoms with Gasteiger partial charge in [-0.15, -0.1) is 0 Å². The molecule has 0 saturated heterocycles. The van der Waals surface area contributed by atoms with E-state index in [-0.39, 0.29) is 5.66 Å². The average molecular weight is 349 g/mol. The minimum Gasteiger partial charge on any atom is -0.304 e. The third-order valence-electron chi connectivity index (χ3n) is 7.91. The van der Waals surface area contributed by atoms with Gasteiger partial charge in [0.25, 0.3) is 5.66 Å². The predicted molar refractivity (Wildman–Crippen MR) is 105 cm³/mol. The van der Waals surface area contributed by atoms with Gasteiger partial charge in [0.05, 0.1) is 30.4 Å². The van der Waals surface area contributed by atoms with Crippen molar-refractivity contribution < 1.29 is 4.58 Å². The average Bonchev–Trinajstić information content (AvgIpc) is 3.28. The van der Waals surface area contributed by atoms with E-state index in [0.29, 0.717) is 6.04 Å². The summed E-state index contributed by atoms with van der Waals surface area (Å²) in [6.07, 6.45) is 11.9. The van der Waals surface area contributed by atoms with Crippen LogP contribution in [0.3, 0.4) is 0 Å². The molecule has 0 aliphatic carbocycles. The molecule has 0 saturated carbocycles. The van der Waals surface area contributed by atoms with Crippen molar-refractivity contribution in [3.8, 4) is 0 Å². The van der Waals surface area contributed by atoms with Gasteiger partial charge in [0, 0.05) is 18.2 Å². The third-order valence-corrected chi connectivity index (χ3v) is 7.91. The Labute approximate surface area is 159 Å². The molecule has 6 aliphatic heterocycles. The Balaban J connectivity index is 1.65. The molecule has 0 aromatic heterocycles. The van der Waals surface area contributed by atoms with Crippen molar-refractivity contribution in [2.45, 2.75) is 50.2 Å². The first-order valence-corrected chi connectivity index (χ1v) is 10.4. The summed E-state index contributed by atoms with van der Waals surface area (Å²) in [5, 5.41) is 0. The highest BCUT2D eigenvalue weighted by atomic mass is 15.4. The van der Waals surface area contributed by atoms with Gasteiger partial charge in [0.15, 0.2) is 11.4 Å². The van der Waals surface area contributed by atoms with E-state index < -0.39 is 0 Å². The summed E-state index contributed by atoms with van der Waals surface area (Å²) in [6.45, 7) is 0. The fraction of sp³-hybridized carbons (Fsp3) is 0.320. The summed E-state index contributed by atoms with van der Waals surface area (Å²) in [6, 6.07) is 14.8. The van der Waals surface area contributed by atoms with E-state index in [2.05, 4.69) is 58.0 Å². The molecule has 8 rings (SSSR count). The molecule has 2 atom stereocenters. The van der Waals surface area contributed by atoms with Crippen LogP contribution in [-0.2, 0) is 31.3 Å². The maximum Gasteiger partial charge on any atom is 0.297 e. The van der Waals surface area contributed by atoms with Gasteiger partial charge in [0.2, 0.25) is 0 Å². The van der Waals surface area contributed by atoms with Gasteiger partial charge in [-0.1, -0.05) is 42.5 Å². The summed E-state index contributed by atoms with van der Waals surface area (Å²) in [5.41, 5.74) is 14.2. The van der Waals surface area contributed by atoms with E-state index in [1.54, 1.807) is 50.5 Å². The van der Waals surface area contributed by atoms with E-state index in [1.807, 2.05) is 0 Å². The first-order valence-electron chi connectivity index (χ1n) is 10.4. The zero-order valence-electron chi connectivity index (χ0n) is 15.3. The number of hydrogen-bond acceptors (Lipinski definition) is 1. The number of allylic oxidation sites excluding steroid dienone is 3. The molecule has 27 heavy (non-hydrogen) atoms. The van der Waals surface area contributed by atoms with Gasteiger partial charge >= 0.3 is 0 Å². The molecule has 2 heteroatoms. The second kappa shape index (κ2) is 4.11. The lowest BCUT2D eigenvalue weighted by atomic mass is 9.68. The zero-order valence-corrected chi connectivity index (χ0v) is 15.3. The quantitative estimate of drug-likeness (QED) is 0.656. The fourth-order valence-corrected chi connectivity index (χ4v) is 7.25. The number of benzene rings is 2. The van der Waals surface area contributed by atoms with Gasteiger partial charge in [-0.25, -0.2) is 0 Å². The molecule has 130 valence electrons. The summed E-state index contributed by atoms with van der Waals surface area (Å²) in [7, 11) is 0. The highest BCUT2D eigenvalue weighted by Crippen LogP contribution is 2.59. The predicted octanol–water partition coefficient (Wildman–Crippen LogP) is 3.81. The minimum atomic E-state index is -0.102. The molecule has 6 aliphatic rings. The summed E-state index contributed by atoms with van der Waals surface area (Å²) >= 11 is 0. The minimum absolute atomic E-state index is 0.102. The lowest BCUT2D eigenvalue weighted by molar-refractivity contribution is -0.602. The van der Waals surface area contributed by atoms with E-state index in [0.717, 1.165) is 25.7 Å². The van der Waals surface area contributed by atoms with Crippen LogP contribution in [0.1, 0.15) is 46.2 Å². The third kappa shape index (κ3) is 1.28. The van der Waals surface area contributed by atoms with Gasteiger partial charge < -0.3 is 4.90 Å². The van der Waals surface area contributed by atoms with Crippen LogP contribution in [0.2, 0.25) is 0 Å². The number of hydrogen-bond donors (Lipinski definition) is 0. The molecule has 0 radical (unpaired) electrons. The van der Waals surface area contributed by atoms with Crippen molar-refractivity contribution in [1.82, 2.24) is 4.90 Å². The smallest absolute Gasteiger partial charge is 0.297 e. The highest BCUT2D eigenvalue weighted by molar-refractivity contribution is 5.88. The number of rotatable bonds is 0. The van der Waals surface area contributed by atoms with Crippen LogP contribution in [0.15, 0.2) is 59.9 Å². The van der Waals surface area contributed by atoms with Gasteiger partial charge in [-0.2, -0.15) is 4.58 Å². The SMILES string of the molecule is C1=C2Cc3cccc4c3[C@]35c6c(cccc6CC(C1)N23)CC1=[N+]5C(=CC1)C4. The van der Waals surface area contributed by atoms with Crippen LogP contribution < -0.4 is 0 Å². The first kappa shape index (κ1) is 13.5. The molecule has 0 bridgehead atoms. The van der Waals surface area contributed by atoms with E-state index in [9.17, 15) is 0 Å². The molecular weight excluding hydrogens is 328 g/mol. The van der Waals surface area contributed by atoms with Crippen molar-refractivity contribution in [2.24, 2.45) is 0 Å². The Bertz CT molecular complexity index is 1190. The summed E-state index contributed by atoms with van der Waals surface area (Å²) in [4.78, 5) is 2.86. The van der Waals surface area contributed by atoms with Crippen LogP contribution >= 0.6 is 0 Å². The van der Waals surface area contributed by atoms with Gasteiger partial charge in [-0.05, 0) is 41.2 Å². The molecule has 0 fully saturated rings. The Kier molecular flexibility index (Phi) is 2.06. The van der Waals surface area contributed by atoms with Crippen molar-refractivity contribution >= 4 is 5.71 Å². The zero-order chi connectivity index (χ0) is 17.3. The van der Waals surface area contributed by atoms with E-state index in [1.165, 1.54) is 12.8 Å². The molecule has 1 unspecified atom stereocenters. The van der Waals surface area contributed by atoms with Crippen LogP contribution in [0.25, 0.3) is 0 Å². The lowest BCUT2D eigenvalue weighted by Gasteiger charge is -2.55. The van der Waals surface area contributed by atoms with E-state index in [4.69, 9.17) is 0 Å². The molecule has 2 nitrogen and oxygen atoms in total. The standard InChI is InChI=1S/C25H21N2/c1-3-15-11-19-7-9-21-13-17-5-2-6-18-14-22-10-8-20-12-16(4-1)23(15)25(24(17)18,26(19)21)27(20)22/h1-8,21H,9-14H2/q+1/t21?,25-/m0/s1. The van der Waals surface area contributed by atoms with Crippen molar-refractivity contribution in [3.05, 3.63) is 93.3 Å². The van der Waals surface area contributed by atoms with Crippen molar-refractivity contribution in [1.29, 1.82) is 0 Å². The van der Waals surface area contributed by atoms with Crippen molar-refractivity contribution in [3.63, 3.8) is 0 Å². The normalized spacial score (nSPS) is 30.1.